The van der Waals surface area contributed by atoms with E-state index in [4.69, 9.17) is 10.00 Å². The highest BCUT2D eigenvalue weighted by Crippen LogP contribution is 2.29. The molecule has 1 rings (SSSR count). The highest BCUT2D eigenvalue weighted by Gasteiger charge is 2.32. The van der Waals surface area contributed by atoms with E-state index in [0.29, 0.717) is 13.2 Å². The van der Waals surface area contributed by atoms with Crippen molar-refractivity contribution in [3.63, 3.8) is 0 Å². The molecule has 0 saturated carbocycles. The molecule has 13 heavy (non-hydrogen) atoms. The largest absolute Gasteiger partial charge is 0.379 e. The maximum atomic E-state index is 11.1. The summed E-state index contributed by atoms with van der Waals surface area (Å²) in [7, 11) is 1.51. The van der Waals surface area contributed by atoms with Gasteiger partial charge in [0.25, 0.3) is 5.91 Å². The van der Waals surface area contributed by atoms with Crippen molar-refractivity contribution in [2.75, 3.05) is 20.3 Å². The van der Waals surface area contributed by atoms with Gasteiger partial charge in [-0.25, -0.2) is 0 Å². The predicted octanol–water partition coefficient (Wildman–Crippen LogP) is 0.219. The Balaban J connectivity index is 2.77. The number of amides is 1. The summed E-state index contributed by atoms with van der Waals surface area (Å²) in [6, 6.07) is 1.87. The average Bonchev–Trinajstić information content (AvgIpc) is 2.10. The molecule has 0 unspecified atom stereocenters. The minimum atomic E-state index is -0.337. The van der Waals surface area contributed by atoms with Crippen molar-refractivity contribution < 1.29 is 9.53 Å². The summed E-state index contributed by atoms with van der Waals surface area (Å²) in [6.07, 6.45) is 1.68. The third kappa shape index (κ3) is 2.07. The van der Waals surface area contributed by atoms with Crippen LogP contribution >= 0.6 is 0 Å². The summed E-state index contributed by atoms with van der Waals surface area (Å²) < 4.78 is 5.01. The van der Waals surface area contributed by atoms with E-state index in [1.807, 2.05) is 13.0 Å². The van der Waals surface area contributed by atoms with Gasteiger partial charge in [-0.3, -0.25) is 4.79 Å². The van der Waals surface area contributed by atoms with Gasteiger partial charge >= 0.3 is 0 Å². The number of nitrogens with one attached hydrogen (secondary N) is 1. The van der Waals surface area contributed by atoms with Crippen molar-refractivity contribution in [2.45, 2.75) is 6.92 Å². The zero-order valence-electron chi connectivity index (χ0n) is 7.76. The fourth-order valence-corrected chi connectivity index (χ4v) is 1.14. The lowest BCUT2D eigenvalue weighted by atomic mass is 9.86. The van der Waals surface area contributed by atoms with Gasteiger partial charge in [-0.2, -0.15) is 5.26 Å². The molecular weight excluding hydrogens is 168 g/mol. The van der Waals surface area contributed by atoms with Crippen LogP contribution in [0.4, 0.5) is 0 Å². The third-order valence-corrected chi connectivity index (χ3v) is 1.95. The van der Waals surface area contributed by atoms with Crippen LogP contribution in [0.25, 0.3) is 0 Å². The molecule has 1 amide bonds. The highest BCUT2D eigenvalue weighted by molar-refractivity contribution is 5.97. The molecule has 0 aromatic heterocycles. The standard InChI is InChI=1S/C9H12N2O2/c1-9(5-13-6-9)3-7(4-10)8(12)11-2/h3H,5-6H2,1-2H3,(H,11,12)/b7-3+. The smallest absolute Gasteiger partial charge is 0.261 e. The van der Waals surface area contributed by atoms with Gasteiger partial charge in [0.05, 0.1) is 13.2 Å². The Morgan fingerprint density at radius 2 is 2.31 bits per heavy atom. The Labute approximate surface area is 77.2 Å². The van der Waals surface area contributed by atoms with Crippen LogP contribution in [0, 0.1) is 16.7 Å². The van der Waals surface area contributed by atoms with Gasteiger partial charge in [0, 0.05) is 12.5 Å². The number of nitriles is 1. The Kier molecular flexibility index (Phi) is 2.69. The molecule has 0 aromatic carbocycles. The number of rotatable bonds is 2. The Bertz CT molecular complexity index is 284. The van der Waals surface area contributed by atoms with Crippen LogP contribution in [0.1, 0.15) is 6.92 Å². The second-order valence-electron chi connectivity index (χ2n) is 3.40. The molecule has 1 N–H and O–H groups in total. The summed E-state index contributed by atoms with van der Waals surface area (Å²) >= 11 is 0. The molecule has 1 aliphatic heterocycles. The number of likely N-dealkylation sites (N-methyl/N-ethyl adjacent to an activating group) is 1. The van der Waals surface area contributed by atoms with Crippen molar-refractivity contribution in [1.29, 1.82) is 5.26 Å². The zero-order valence-corrected chi connectivity index (χ0v) is 7.76. The molecule has 4 nitrogen and oxygen atoms in total. The van der Waals surface area contributed by atoms with E-state index in [2.05, 4.69) is 5.32 Å². The molecule has 1 aliphatic rings. The number of hydrogen-bond acceptors (Lipinski definition) is 3. The van der Waals surface area contributed by atoms with Crippen molar-refractivity contribution in [2.24, 2.45) is 5.41 Å². The van der Waals surface area contributed by atoms with Crippen LogP contribution in [-0.4, -0.2) is 26.2 Å². The van der Waals surface area contributed by atoms with Crippen molar-refractivity contribution in [3.05, 3.63) is 11.6 Å². The van der Waals surface area contributed by atoms with E-state index in [9.17, 15) is 4.79 Å². The van der Waals surface area contributed by atoms with Gasteiger partial charge in [0.1, 0.15) is 11.6 Å². The zero-order chi connectivity index (χ0) is 9.90. The van der Waals surface area contributed by atoms with E-state index in [0.717, 1.165) is 0 Å². The maximum Gasteiger partial charge on any atom is 0.261 e. The van der Waals surface area contributed by atoms with Gasteiger partial charge in [-0.05, 0) is 0 Å². The summed E-state index contributed by atoms with van der Waals surface area (Å²) in [5, 5.41) is 11.1. The first-order valence-electron chi connectivity index (χ1n) is 4.04. The fraction of sp³-hybridized carbons (Fsp3) is 0.556. The first-order chi connectivity index (χ1) is 6.11. The van der Waals surface area contributed by atoms with Crippen LogP contribution in [0.3, 0.4) is 0 Å². The van der Waals surface area contributed by atoms with E-state index >= 15 is 0 Å². The van der Waals surface area contributed by atoms with E-state index in [1.165, 1.54) is 7.05 Å². The lowest BCUT2D eigenvalue weighted by Crippen LogP contribution is -2.38. The van der Waals surface area contributed by atoms with Gasteiger partial charge in [-0.1, -0.05) is 13.0 Å². The van der Waals surface area contributed by atoms with Gasteiger partial charge in [0.15, 0.2) is 0 Å². The Hall–Kier alpha value is -1.34. The minimum absolute atomic E-state index is 0.141. The molecule has 0 aliphatic carbocycles. The summed E-state index contributed by atoms with van der Waals surface area (Å²) in [6.45, 7) is 3.11. The van der Waals surface area contributed by atoms with Crippen molar-refractivity contribution in [3.8, 4) is 6.07 Å². The Morgan fingerprint density at radius 3 is 2.62 bits per heavy atom. The molecule has 1 saturated heterocycles. The summed E-state index contributed by atoms with van der Waals surface area (Å²) in [4.78, 5) is 11.1. The number of hydrogen-bond donors (Lipinski definition) is 1. The third-order valence-electron chi connectivity index (χ3n) is 1.95. The molecule has 70 valence electrons. The topological polar surface area (TPSA) is 62.1 Å². The summed E-state index contributed by atoms with van der Waals surface area (Å²) in [5.41, 5.74) is 0.0192. The molecule has 0 bridgehead atoms. The first-order valence-corrected chi connectivity index (χ1v) is 4.04. The van der Waals surface area contributed by atoms with Gasteiger partial charge in [-0.15, -0.1) is 0 Å². The molecule has 1 heterocycles. The molecule has 4 heteroatoms. The first kappa shape index (κ1) is 9.75. The Morgan fingerprint density at radius 1 is 1.69 bits per heavy atom. The van der Waals surface area contributed by atoms with Crippen LogP contribution in [0.5, 0.6) is 0 Å². The van der Waals surface area contributed by atoms with Crippen molar-refractivity contribution in [1.82, 2.24) is 5.32 Å². The molecular formula is C9H12N2O2. The van der Waals surface area contributed by atoms with E-state index < -0.39 is 0 Å². The normalized spacial score (nSPS) is 19.9. The maximum absolute atomic E-state index is 11.1. The van der Waals surface area contributed by atoms with Crippen LogP contribution in [0.15, 0.2) is 11.6 Å². The number of carbonyl (C=O) groups excluding carboxylic acids is 1. The quantitative estimate of drug-likeness (QED) is 0.488. The SMILES string of the molecule is CNC(=O)/C(C#N)=C/C1(C)COC1. The molecule has 0 atom stereocenters. The highest BCUT2D eigenvalue weighted by atomic mass is 16.5. The van der Waals surface area contributed by atoms with E-state index in [1.54, 1.807) is 6.08 Å². The second kappa shape index (κ2) is 3.58. The number of ether oxygens (including phenoxy) is 1. The monoisotopic (exact) mass is 180 g/mol. The lowest BCUT2D eigenvalue weighted by Gasteiger charge is -2.35. The molecule has 0 radical (unpaired) electrons. The number of nitrogens with zero attached hydrogens (tertiary/aromatic N) is 1. The predicted molar refractivity (Wildman–Crippen MR) is 46.7 cm³/mol. The minimum Gasteiger partial charge on any atom is -0.379 e. The molecule has 0 aromatic rings. The van der Waals surface area contributed by atoms with Gasteiger partial charge < -0.3 is 10.1 Å². The molecule has 0 spiro atoms. The van der Waals surface area contributed by atoms with E-state index in [-0.39, 0.29) is 16.9 Å². The summed E-state index contributed by atoms with van der Waals surface area (Å²) in [5.74, 6) is -0.337. The van der Waals surface area contributed by atoms with Gasteiger partial charge in [0.2, 0.25) is 0 Å². The second-order valence-corrected chi connectivity index (χ2v) is 3.40. The van der Waals surface area contributed by atoms with Crippen molar-refractivity contribution >= 4 is 5.91 Å². The van der Waals surface area contributed by atoms with Crippen LogP contribution in [-0.2, 0) is 9.53 Å². The van der Waals surface area contributed by atoms with Crippen LogP contribution < -0.4 is 5.32 Å². The van der Waals surface area contributed by atoms with Crippen LogP contribution in [0.2, 0.25) is 0 Å². The average molecular weight is 180 g/mol. The molecule has 1 fully saturated rings. The lowest BCUT2D eigenvalue weighted by molar-refractivity contribution is -0.117. The number of carbonyl (C=O) groups is 1. The fourth-order valence-electron chi connectivity index (χ4n) is 1.14.